The molecule has 2 heterocycles. The Morgan fingerprint density at radius 1 is 0.848 bits per heavy atom. The summed E-state index contributed by atoms with van der Waals surface area (Å²) in [6.07, 6.45) is 4.61. The SMILES string of the molecule is CCCC[C@@H]1CN2C[C@H](c3ccc(OC)c(OC)c3)c3cc(OC)c(OC)cc3[C@H]2C[C@H]1N. The molecule has 0 unspecified atom stereocenters. The third-order valence-electron chi connectivity index (χ3n) is 7.49. The highest BCUT2D eigenvalue weighted by Crippen LogP contribution is 2.48. The number of hydrogen-bond donors (Lipinski definition) is 1. The van der Waals surface area contributed by atoms with Crippen molar-refractivity contribution in [3.8, 4) is 23.0 Å². The molecule has 0 amide bonds. The molecule has 0 radical (unpaired) electrons. The first-order valence-corrected chi connectivity index (χ1v) is 12.0. The van der Waals surface area contributed by atoms with Crippen LogP contribution < -0.4 is 24.7 Å². The summed E-state index contributed by atoms with van der Waals surface area (Å²) in [6.45, 7) is 4.22. The Hall–Kier alpha value is -2.44. The molecular formula is C27H38N2O4. The molecule has 2 N–H and O–H groups in total. The molecule has 0 saturated carbocycles. The van der Waals surface area contributed by atoms with Gasteiger partial charge in [-0.15, -0.1) is 0 Å². The van der Waals surface area contributed by atoms with Crippen LogP contribution in [0.5, 0.6) is 23.0 Å². The first-order chi connectivity index (χ1) is 16.0. The molecule has 1 saturated heterocycles. The van der Waals surface area contributed by atoms with Crippen LogP contribution in [0.3, 0.4) is 0 Å². The Balaban J connectivity index is 1.79. The molecule has 6 heteroatoms. The minimum atomic E-state index is 0.192. The maximum Gasteiger partial charge on any atom is 0.161 e. The maximum absolute atomic E-state index is 6.71. The topological polar surface area (TPSA) is 66.2 Å². The first-order valence-electron chi connectivity index (χ1n) is 12.0. The number of unbranched alkanes of at least 4 members (excludes halogenated alkanes) is 1. The van der Waals surface area contributed by atoms with Crippen LogP contribution in [0.2, 0.25) is 0 Å². The van der Waals surface area contributed by atoms with E-state index in [-0.39, 0.29) is 12.0 Å². The number of nitrogens with two attached hydrogens (primary N) is 1. The molecule has 0 bridgehead atoms. The second kappa shape index (κ2) is 10.2. The lowest BCUT2D eigenvalue weighted by Gasteiger charge is -2.48. The van der Waals surface area contributed by atoms with Crippen molar-refractivity contribution in [3.63, 3.8) is 0 Å². The van der Waals surface area contributed by atoms with Gasteiger partial charge in [-0.1, -0.05) is 25.8 Å². The fraction of sp³-hybridized carbons (Fsp3) is 0.556. The van der Waals surface area contributed by atoms with Gasteiger partial charge in [-0.25, -0.2) is 0 Å². The predicted molar refractivity (Wildman–Crippen MR) is 131 cm³/mol. The summed E-state index contributed by atoms with van der Waals surface area (Å²) in [5.74, 6) is 3.75. The van der Waals surface area contributed by atoms with Crippen LogP contribution in [-0.2, 0) is 0 Å². The third kappa shape index (κ3) is 4.51. The smallest absolute Gasteiger partial charge is 0.161 e. The number of hydrogen-bond acceptors (Lipinski definition) is 6. The number of benzene rings is 2. The van der Waals surface area contributed by atoms with Crippen molar-refractivity contribution in [2.75, 3.05) is 41.5 Å². The second-order valence-electron chi connectivity index (χ2n) is 9.27. The van der Waals surface area contributed by atoms with Gasteiger partial charge in [-0.05, 0) is 59.7 Å². The number of methoxy groups -OCH3 is 4. The molecule has 1 fully saturated rings. The molecule has 2 aliphatic heterocycles. The number of fused-ring (bicyclic) bond motifs is 3. The van der Waals surface area contributed by atoms with E-state index in [1.165, 1.54) is 36.0 Å². The summed E-state index contributed by atoms with van der Waals surface area (Å²) in [6, 6.07) is 11.1. The number of nitrogens with zero attached hydrogens (tertiary/aromatic N) is 1. The standard InChI is InChI=1S/C27H38N2O4/c1-6-7-8-18-15-29-16-21(17-9-10-24(30-2)25(11-17)31-3)19-12-26(32-4)27(33-5)13-20(19)23(29)14-22(18)28/h9-13,18,21-23H,6-8,14-16,28H2,1-5H3/t18-,21-,22-,23-/m1/s1. The summed E-state index contributed by atoms with van der Waals surface area (Å²) >= 11 is 0. The van der Waals surface area contributed by atoms with Crippen molar-refractivity contribution in [2.24, 2.45) is 11.7 Å². The van der Waals surface area contributed by atoms with Gasteiger partial charge in [-0.2, -0.15) is 0 Å². The van der Waals surface area contributed by atoms with E-state index < -0.39 is 0 Å². The highest BCUT2D eigenvalue weighted by molar-refractivity contribution is 5.55. The van der Waals surface area contributed by atoms with Crippen molar-refractivity contribution < 1.29 is 18.9 Å². The Morgan fingerprint density at radius 3 is 2.12 bits per heavy atom. The summed E-state index contributed by atoms with van der Waals surface area (Å²) in [5.41, 5.74) is 10.5. The highest BCUT2D eigenvalue weighted by Gasteiger charge is 2.41. The minimum absolute atomic E-state index is 0.192. The molecule has 0 spiro atoms. The minimum Gasteiger partial charge on any atom is -0.493 e. The van der Waals surface area contributed by atoms with Gasteiger partial charge in [0.1, 0.15) is 0 Å². The number of ether oxygens (including phenoxy) is 4. The van der Waals surface area contributed by atoms with E-state index in [1.807, 2.05) is 6.07 Å². The van der Waals surface area contributed by atoms with Crippen molar-refractivity contribution >= 4 is 0 Å². The Labute approximate surface area is 198 Å². The van der Waals surface area contributed by atoms with E-state index >= 15 is 0 Å². The molecule has 0 aliphatic carbocycles. The monoisotopic (exact) mass is 454 g/mol. The molecule has 4 atom stereocenters. The predicted octanol–water partition coefficient (Wildman–Crippen LogP) is 4.75. The van der Waals surface area contributed by atoms with E-state index in [0.717, 1.165) is 42.5 Å². The number of rotatable bonds is 8. The van der Waals surface area contributed by atoms with Crippen LogP contribution in [0.4, 0.5) is 0 Å². The molecule has 2 aromatic rings. The summed E-state index contributed by atoms with van der Waals surface area (Å²) in [4.78, 5) is 2.64. The summed E-state index contributed by atoms with van der Waals surface area (Å²) < 4.78 is 22.5. The van der Waals surface area contributed by atoms with E-state index in [4.69, 9.17) is 24.7 Å². The van der Waals surface area contributed by atoms with E-state index in [2.05, 4.69) is 36.1 Å². The van der Waals surface area contributed by atoms with Gasteiger partial charge in [0.15, 0.2) is 23.0 Å². The zero-order valence-corrected chi connectivity index (χ0v) is 20.6. The number of piperidine rings is 1. The van der Waals surface area contributed by atoms with Crippen molar-refractivity contribution in [2.45, 2.75) is 50.6 Å². The fourth-order valence-corrected chi connectivity index (χ4v) is 5.65. The quantitative estimate of drug-likeness (QED) is 0.621. The Bertz CT molecular complexity index is 963. The van der Waals surface area contributed by atoms with E-state index in [0.29, 0.717) is 12.0 Å². The zero-order chi connectivity index (χ0) is 23.5. The lowest BCUT2D eigenvalue weighted by Crippen LogP contribution is -2.51. The molecule has 6 nitrogen and oxygen atoms in total. The average Bonchev–Trinajstić information content (AvgIpc) is 2.85. The summed E-state index contributed by atoms with van der Waals surface area (Å²) in [5, 5.41) is 0. The van der Waals surface area contributed by atoms with Gasteiger partial charge in [0.05, 0.1) is 28.4 Å². The fourth-order valence-electron chi connectivity index (χ4n) is 5.65. The van der Waals surface area contributed by atoms with Crippen molar-refractivity contribution in [1.29, 1.82) is 0 Å². The van der Waals surface area contributed by atoms with Gasteiger partial charge in [0.2, 0.25) is 0 Å². The molecule has 180 valence electrons. The van der Waals surface area contributed by atoms with Crippen LogP contribution in [0.15, 0.2) is 30.3 Å². The van der Waals surface area contributed by atoms with Gasteiger partial charge < -0.3 is 24.7 Å². The zero-order valence-electron chi connectivity index (χ0n) is 20.6. The van der Waals surface area contributed by atoms with Gasteiger partial charge >= 0.3 is 0 Å². The largest absolute Gasteiger partial charge is 0.493 e. The molecule has 33 heavy (non-hydrogen) atoms. The highest BCUT2D eigenvalue weighted by atomic mass is 16.5. The molecular weight excluding hydrogens is 416 g/mol. The van der Waals surface area contributed by atoms with Crippen LogP contribution >= 0.6 is 0 Å². The molecule has 2 aliphatic rings. The van der Waals surface area contributed by atoms with E-state index in [9.17, 15) is 0 Å². The second-order valence-corrected chi connectivity index (χ2v) is 9.27. The van der Waals surface area contributed by atoms with Crippen LogP contribution in [-0.4, -0.2) is 52.5 Å². The van der Waals surface area contributed by atoms with Gasteiger partial charge in [-0.3, -0.25) is 4.90 Å². The third-order valence-corrected chi connectivity index (χ3v) is 7.49. The van der Waals surface area contributed by atoms with E-state index in [1.54, 1.807) is 28.4 Å². The van der Waals surface area contributed by atoms with Crippen LogP contribution in [0, 0.1) is 5.92 Å². The Kier molecular flexibility index (Phi) is 7.35. The van der Waals surface area contributed by atoms with Crippen LogP contribution in [0.25, 0.3) is 0 Å². The average molecular weight is 455 g/mol. The lowest BCUT2D eigenvalue weighted by atomic mass is 9.75. The normalized spacial score (nSPS) is 24.5. The van der Waals surface area contributed by atoms with Crippen LogP contribution in [0.1, 0.15) is 61.3 Å². The first kappa shape index (κ1) is 23.7. The van der Waals surface area contributed by atoms with Crippen molar-refractivity contribution in [1.82, 2.24) is 4.90 Å². The molecule has 2 aromatic carbocycles. The Morgan fingerprint density at radius 2 is 1.48 bits per heavy atom. The van der Waals surface area contributed by atoms with Crippen molar-refractivity contribution in [3.05, 3.63) is 47.0 Å². The van der Waals surface area contributed by atoms with Gasteiger partial charge in [0.25, 0.3) is 0 Å². The van der Waals surface area contributed by atoms with Gasteiger partial charge in [0, 0.05) is 31.1 Å². The molecule has 0 aromatic heterocycles. The summed E-state index contributed by atoms with van der Waals surface area (Å²) in [7, 11) is 6.75. The molecule has 4 rings (SSSR count). The maximum atomic E-state index is 6.71. The lowest BCUT2D eigenvalue weighted by molar-refractivity contribution is 0.0728.